The minimum Gasteiger partial charge on any atom is -0.395 e. The van der Waals surface area contributed by atoms with Crippen LogP contribution < -0.4 is 5.32 Å². The Balaban J connectivity index is 0. The molecule has 16 heavy (non-hydrogen) atoms. The molecule has 0 aliphatic carbocycles. The van der Waals surface area contributed by atoms with E-state index in [1.54, 1.807) is 6.66 Å². The van der Waals surface area contributed by atoms with Crippen LogP contribution in [0.15, 0.2) is 0 Å². The van der Waals surface area contributed by atoms with Crippen LogP contribution in [0.25, 0.3) is 0 Å². The maximum Gasteiger partial charge on any atom is 0.405 e. The van der Waals surface area contributed by atoms with E-state index in [-0.39, 0.29) is 13.2 Å². The summed E-state index contributed by atoms with van der Waals surface area (Å²) in [5, 5.41) is 19.1. The normalized spacial score (nSPS) is 10.9. The number of nitrogens with one attached hydrogen (secondary N) is 1. The monoisotopic (exact) mass is 258 g/mol. The van der Waals surface area contributed by atoms with E-state index in [1.165, 1.54) is 0 Å². The number of hydrogen-bond donors (Lipinski definition) is 4. The molecule has 0 aromatic rings. The van der Waals surface area contributed by atoms with Gasteiger partial charge in [0.2, 0.25) is 0 Å². The molecule has 0 unspecified atom stereocenters. The van der Waals surface area contributed by atoms with E-state index in [0.717, 1.165) is 0 Å². The molecule has 6 nitrogen and oxygen atoms in total. The predicted octanol–water partition coefficient (Wildman–Crippen LogP) is 0.00470. The molecule has 0 heterocycles. The topological polar surface area (TPSA) is 91.2 Å². The van der Waals surface area contributed by atoms with Crippen molar-refractivity contribution < 1.29 is 24.2 Å². The third-order valence-electron chi connectivity index (χ3n) is 1.31. The largest absolute Gasteiger partial charge is 0.405 e. The summed E-state index contributed by atoms with van der Waals surface area (Å²) in [7, 11) is -2.44. The molecule has 0 radical (unpaired) electrons. The molecular formula is C9H25NO5P+. The van der Waals surface area contributed by atoms with Crippen LogP contribution in [0.2, 0.25) is 0 Å². The Kier molecular flexibility index (Phi) is 15.4. The molecule has 0 aliphatic rings. The van der Waals surface area contributed by atoms with Crippen molar-refractivity contribution in [1.29, 1.82) is 0 Å². The first-order chi connectivity index (χ1) is 7.54. The van der Waals surface area contributed by atoms with E-state index in [9.17, 15) is 4.89 Å². The minimum atomic E-state index is -2.44. The van der Waals surface area contributed by atoms with Crippen LogP contribution in [0.3, 0.4) is 0 Å². The molecule has 7 heteroatoms. The average Bonchev–Trinajstić information content (AvgIpc) is 2.19. The third-order valence-corrected chi connectivity index (χ3v) is 2.79. The maximum absolute atomic E-state index is 9.18. The molecule has 0 saturated carbocycles. The molecule has 4 N–H and O–H groups in total. The van der Waals surface area contributed by atoms with E-state index in [0.29, 0.717) is 26.3 Å². The molecule has 0 aliphatic heterocycles. The van der Waals surface area contributed by atoms with Crippen LogP contribution in [-0.4, -0.2) is 61.3 Å². The second-order valence-electron chi connectivity index (χ2n) is 2.84. The summed E-state index contributed by atoms with van der Waals surface area (Å²) in [6, 6.07) is 0. The van der Waals surface area contributed by atoms with Gasteiger partial charge in [0.25, 0.3) is 0 Å². The average molecular weight is 258 g/mol. The molecule has 0 aromatic heterocycles. The summed E-state index contributed by atoms with van der Waals surface area (Å²) < 4.78 is 9.83. The number of rotatable bonds is 8. The number of aliphatic hydroxyl groups excluding tert-OH is 2. The zero-order valence-corrected chi connectivity index (χ0v) is 11.2. The molecule has 0 bridgehead atoms. The molecule has 0 atom stereocenters. The highest BCUT2D eigenvalue weighted by Gasteiger charge is 2.31. The maximum atomic E-state index is 9.18. The molecule has 0 rings (SSSR count). The van der Waals surface area contributed by atoms with E-state index in [4.69, 9.17) is 19.3 Å². The molecular weight excluding hydrogens is 233 g/mol. The van der Waals surface area contributed by atoms with Gasteiger partial charge in [0.1, 0.15) is 6.66 Å². The van der Waals surface area contributed by atoms with Crippen molar-refractivity contribution >= 4 is 7.94 Å². The summed E-state index contributed by atoms with van der Waals surface area (Å²) in [6.07, 6.45) is 0. The molecule has 0 amide bonds. The third kappa shape index (κ3) is 16.6. The molecule has 0 saturated heterocycles. The second kappa shape index (κ2) is 13.3. The standard InChI is InChI=1S/C5H14O3P.C4H11NO2/c1-4-7-9(3,6)8-5-2;6-3-1-5-2-4-7/h6H,4-5H2,1-3H3;5-7H,1-4H2/q+1;. The predicted molar refractivity (Wildman–Crippen MR) is 65.4 cm³/mol. The Morgan fingerprint density at radius 2 is 1.38 bits per heavy atom. The van der Waals surface area contributed by atoms with Gasteiger partial charge in [-0.2, -0.15) is 13.9 Å². The Morgan fingerprint density at radius 1 is 1.00 bits per heavy atom. The van der Waals surface area contributed by atoms with E-state index in [2.05, 4.69) is 5.32 Å². The van der Waals surface area contributed by atoms with E-state index < -0.39 is 7.94 Å². The summed E-state index contributed by atoms with van der Waals surface area (Å²) in [4.78, 5) is 9.18. The van der Waals surface area contributed by atoms with Gasteiger partial charge in [0.15, 0.2) is 0 Å². The molecule has 0 aromatic carbocycles. The number of hydrogen-bond acceptors (Lipinski definition) is 6. The van der Waals surface area contributed by atoms with Crippen molar-refractivity contribution in [3.05, 3.63) is 0 Å². The lowest BCUT2D eigenvalue weighted by molar-refractivity contribution is 0.195. The van der Waals surface area contributed by atoms with Gasteiger partial charge in [-0.25, -0.2) is 0 Å². The second-order valence-corrected chi connectivity index (χ2v) is 4.96. The van der Waals surface area contributed by atoms with Gasteiger partial charge in [-0.05, 0) is 13.8 Å². The van der Waals surface area contributed by atoms with Crippen LogP contribution in [0.1, 0.15) is 13.8 Å². The first kappa shape index (κ1) is 18.6. The van der Waals surface area contributed by atoms with Crippen molar-refractivity contribution in [2.45, 2.75) is 13.8 Å². The van der Waals surface area contributed by atoms with Gasteiger partial charge in [0.05, 0.1) is 26.4 Å². The highest BCUT2D eigenvalue weighted by molar-refractivity contribution is 7.59. The van der Waals surface area contributed by atoms with Gasteiger partial charge < -0.3 is 15.5 Å². The summed E-state index contributed by atoms with van der Waals surface area (Å²) in [6.45, 7) is 7.66. The molecule has 0 spiro atoms. The Labute approximate surface area is 98.2 Å². The van der Waals surface area contributed by atoms with E-state index >= 15 is 0 Å². The molecule has 0 fully saturated rings. The van der Waals surface area contributed by atoms with Crippen molar-refractivity contribution in [2.75, 3.05) is 46.2 Å². The SMILES string of the molecule is CCO[P+](C)(O)OCC.OCCNCCO. The van der Waals surface area contributed by atoms with Crippen LogP contribution >= 0.6 is 7.94 Å². The van der Waals surface area contributed by atoms with Crippen LogP contribution in [0.4, 0.5) is 0 Å². The van der Waals surface area contributed by atoms with Gasteiger partial charge in [0, 0.05) is 13.1 Å². The van der Waals surface area contributed by atoms with E-state index in [1.807, 2.05) is 13.8 Å². The fraction of sp³-hybridized carbons (Fsp3) is 1.00. The summed E-state index contributed by atoms with van der Waals surface area (Å²) >= 11 is 0. The highest BCUT2D eigenvalue weighted by Crippen LogP contribution is 2.52. The number of aliphatic hydroxyl groups is 2. The zero-order valence-electron chi connectivity index (χ0n) is 10.3. The Morgan fingerprint density at radius 3 is 1.62 bits per heavy atom. The van der Waals surface area contributed by atoms with Crippen LogP contribution in [-0.2, 0) is 9.05 Å². The van der Waals surface area contributed by atoms with Crippen molar-refractivity contribution in [3.8, 4) is 0 Å². The lowest BCUT2D eigenvalue weighted by Crippen LogP contribution is -2.21. The Bertz CT molecular complexity index is 125. The van der Waals surface area contributed by atoms with Gasteiger partial charge >= 0.3 is 7.94 Å². The van der Waals surface area contributed by atoms with Crippen molar-refractivity contribution in [2.24, 2.45) is 0 Å². The summed E-state index contributed by atoms with van der Waals surface area (Å²) in [5.74, 6) is 0. The van der Waals surface area contributed by atoms with Gasteiger partial charge in [-0.15, -0.1) is 0 Å². The quantitative estimate of drug-likeness (QED) is 0.362. The van der Waals surface area contributed by atoms with Gasteiger partial charge in [-0.1, -0.05) is 0 Å². The van der Waals surface area contributed by atoms with Crippen molar-refractivity contribution in [1.82, 2.24) is 5.32 Å². The van der Waals surface area contributed by atoms with Gasteiger partial charge in [-0.3, -0.25) is 0 Å². The van der Waals surface area contributed by atoms with Crippen LogP contribution in [0, 0.1) is 0 Å². The highest BCUT2D eigenvalue weighted by atomic mass is 31.2. The lowest BCUT2D eigenvalue weighted by atomic mass is 10.6. The van der Waals surface area contributed by atoms with Crippen LogP contribution in [0.5, 0.6) is 0 Å². The lowest BCUT2D eigenvalue weighted by Gasteiger charge is -2.09. The first-order valence-electron chi connectivity index (χ1n) is 5.34. The smallest absolute Gasteiger partial charge is 0.395 e. The zero-order chi connectivity index (χ0) is 12.9. The van der Waals surface area contributed by atoms with Crippen molar-refractivity contribution in [3.63, 3.8) is 0 Å². The fourth-order valence-electron chi connectivity index (χ4n) is 0.799. The summed E-state index contributed by atoms with van der Waals surface area (Å²) in [5.41, 5.74) is 0. The first-order valence-corrected chi connectivity index (χ1v) is 7.37. The minimum absolute atomic E-state index is 0.139. The fourth-order valence-corrected chi connectivity index (χ4v) is 1.83. The molecule has 100 valence electrons. The Hall–Kier alpha value is 0.190.